The molecule has 1 aromatic carbocycles. The van der Waals surface area contributed by atoms with Gasteiger partial charge in [-0.2, -0.15) is 0 Å². The molecule has 1 aromatic rings. The van der Waals surface area contributed by atoms with E-state index in [1.54, 1.807) is 0 Å². The Balaban J connectivity index is 2.81. The summed E-state index contributed by atoms with van der Waals surface area (Å²) in [6, 6.07) is 5.71. The van der Waals surface area contributed by atoms with Crippen molar-refractivity contribution in [2.24, 2.45) is 0 Å². The van der Waals surface area contributed by atoms with E-state index in [1.165, 1.54) is 0 Å². The molecular formula is C9H12ClNO. The van der Waals surface area contributed by atoms with Gasteiger partial charge in [-0.1, -0.05) is 23.7 Å². The van der Waals surface area contributed by atoms with Crippen molar-refractivity contribution in [2.75, 3.05) is 18.5 Å². The highest BCUT2D eigenvalue weighted by molar-refractivity contribution is 6.33. The van der Waals surface area contributed by atoms with Crippen molar-refractivity contribution in [1.82, 2.24) is 0 Å². The lowest BCUT2D eigenvalue weighted by Gasteiger charge is -2.09. The fourth-order valence-electron chi connectivity index (χ4n) is 1.04. The van der Waals surface area contributed by atoms with E-state index in [-0.39, 0.29) is 6.61 Å². The Morgan fingerprint density at radius 1 is 1.50 bits per heavy atom. The van der Waals surface area contributed by atoms with Gasteiger partial charge >= 0.3 is 0 Å². The Morgan fingerprint density at radius 2 is 2.25 bits per heavy atom. The molecule has 0 unspecified atom stereocenters. The molecule has 66 valence electrons. The number of benzene rings is 1. The predicted molar refractivity (Wildman–Crippen MR) is 51.8 cm³/mol. The third kappa shape index (κ3) is 2.13. The van der Waals surface area contributed by atoms with Crippen molar-refractivity contribution in [3.05, 3.63) is 28.8 Å². The molecule has 0 atom stereocenters. The van der Waals surface area contributed by atoms with E-state index in [4.69, 9.17) is 16.7 Å². The van der Waals surface area contributed by atoms with E-state index in [9.17, 15) is 0 Å². The third-order valence-electron chi connectivity index (χ3n) is 1.64. The molecule has 0 aromatic heterocycles. The van der Waals surface area contributed by atoms with Crippen molar-refractivity contribution in [2.45, 2.75) is 6.92 Å². The Kier molecular flexibility index (Phi) is 3.38. The lowest BCUT2D eigenvalue weighted by molar-refractivity contribution is 0.311. The van der Waals surface area contributed by atoms with Crippen LogP contribution in [-0.2, 0) is 0 Å². The van der Waals surface area contributed by atoms with Crippen LogP contribution in [0.1, 0.15) is 5.56 Å². The first kappa shape index (κ1) is 9.36. The number of anilines is 1. The van der Waals surface area contributed by atoms with E-state index < -0.39 is 0 Å². The Labute approximate surface area is 77.2 Å². The van der Waals surface area contributed by atoms with Crippen LogP contribution < -0.4 is 5.32 Å². The summed E-state index contributed by atoms with van der Waals surface area (Å²) >= 11 is 5.92. The minimum atomic E-state index is 0.116. The van der Waals surface area contributed by atoms with Crippen LogP contribution in [0.2, 0.25) is 5.02 Å². The van der Waals surface area contributed by atoms with Gasteiger partial charge in [0.05, 0.1) is 17.3 Å². The SMILES string of the molecule is Cc1cccc(Cl)c1NCCO. The first-order valence-electron chi connectivity index (χ1n) is 3.85. The molecule has 0 amide bonds. The maximum absolute atomic E-state index is 8.60. The lowest BCUT2D eigenvalue weighted by Crippen LogP contribution is -2.06. The molecule has 0 saturated carbocycles. The molecule has 0 saturated heterocycles. The maximum Gasteiger partial charge on any atom is 0.0640 e. The van der Waals surface area contributed by atoms with Crippen LogP contribution in [0.15, 0.2) is 18.2 Å². The standard InChI is InChI=1S/C9H12ClNO/c1-7-3-2-4-8(10)9(7)11-5-6-12/h2-4,11-12H,5-6H2,1H3. The Morgan fingerprint density at radius 3 is 2.83 bits per heavy atom. The van der Waals surface area contributed by atoms with Crippen LogP contribution >= 0.6 is 11.6 Å². The summed E-state index contributed by atoms with van der Waals surface area (Å²) in [4.78, 5) is 0. The highest BCUT2D eigenvalue weighted by Crippen LogP contribution is 2.24. The van der Waals surface area contributed by atoms with E-state index in [0.717, 1.165) is 11.3 Å². The average molecular weight is 186 g/mol. The maximum atomic E-state index is 8.60. The second kappa shape index (κ2) is 4.33. The van der Waals surface area contributed by atoms with Crippen molar-refractivity contribution in [3.8, 4) is 0 Å². The number of aliphatic hydroxyl groups excluding tert-OH is 1. The minimum absolute atomic E-state index is 0.116. The first-order chi connectivity index (χ1) is 5.75. The normalized spacial score (nSPS) is 9.92. The molecule has 0 aliphatic carbocycles. The molecule has 0 radical (unpaired) electrons. The largest absolute Gasteiger partial charge is 0.395 e. The van der Waals surface area contributed by atoms with E-state index >= 15 is 0 Å². The number of hydrogen-bond acceptors (Lipinski definition) is 2. The molecule has 0 aliphatic rings. The molecular weight excluding hydrogens is 174 g/mol. The van der Waals surface area contributed by atoms with Crippen LogP contribution in [0, 0.1) is 6.92 Å². The van der Waals surface area contributed by atoms with Crippen LogP contribution in [0.25, 0.3) is 0 Å². The van der Waals surface area contributed by atoms with Gasteiger partial charge in [-0.3, -0.25) is 0 Å². The fraction of sp³-hybridized carbons (Fsp3) is 0.333. The quantitative estimate of drug-likeness (QED) is 0.756. The van der Waals surface area contributed by atoms with Gasteiger partial charge in [-0.15, -0.1) is 0 Å². The summed E-state index contributed by atoms with van der Waals surface area (Å²) in [5, 5.41) is 12.4. The van der Waals surface area contributed by atoms with Gasteiger partial charge in [-0.05, 0) is 18.6 Å². The smallest absolute Gasteiger partial charge is 0.0640 e. The number of para-hydroxylation sites is 1. The molecule has 0 aliphatic heterocycles. The fourth-order valence-corrected chi connectivity index (χ4v) is 1.33. The van der Waals surface area contributed by atoms with Crippen LogP contribution in [0.4, 0.5) is 5.69 Å². The van der Waals surface area contributed by atoms with Gasteiger partial charge in [0, 0.05) is 6.54 Å². The minimum Gasteiger partial charge on any atom is -0.395 e. The Bertz CT molecular complexity index is 242. The number of nitrogens with one attached hydrogen (secondary N) is 1. The molecule has 2 nitrogen and oxygen atoms in total. The van der Waals surface area contributed by atoms with Gasteiger partial charge in [0.15, 0.2) is 0 Å². The zero-order valence-corrected chi connectivity index (χ0v) is 7.73. The van der Waals surface area contributed by atoms with Crippen molar-refractivity contribution in [3.63, 3.8) is 0 Å². The van der Waals surface area contributed by atoms with E-state index in [2.05, 4.69) is 5.32 Å². The van der Waals surface area contributed by atoms with Gasteiger partial charge in [0.25, 0.3) is 0 Å². The van der Waals surface area contributed by atoms with Crippen molar-refractivity contribution >= 4 is 17.3 Å². The molecule has 0 heterocycles. The monoisotopic (exact) mass is 185 g/mol. The topological polar surface area (TPSA) is 32.3 Å². The predicted octanol–water partition coefficient (Wildman–Crippen LogP) is 2.05. The summed E-state index contributed by atoms with van der Waals surface area (Å²) in [5.41, 5.74) is 2.00. The summed E-state index contributed by atoms with van der Waals surface area (Å²) in [5.74, 6) is 0. The van der Waals surface area contributed by atoms with Gasteiger partial charge < -0.3 is 10.4 Å². The molecule has 2 N–H and O–H groups in total. The highest BCUT2D eigenvalue weighted by atomic mass is 35.5. The molecule has 1 rings (SSSR count). The zero-order chi connectivity index (χ0) is 8.97. The average Bonchev–Trinajstić information content (AvgIpc) is 2.04. The number of aliphatic hydroxyl groups is 1. The van der Waals surface area contributed by atoms with E-state index in [1.807, 2.05) is 25.1 Å². The molecule has 3 heteroatoms. The Hall–Kier alpha value is -0.730. The highest BCUT2D eigenvalue weighted by Gasteiger charge is 2.00. The van der Waals surface area contributed by atoms with Crippen LogP contribution in [0.5, 0.6) is 0 Å². The number of rotatable bonds is 3. The van der Waals surface area contributed by atoms with Gasteiger partial charge in [-0.25, -0.2) is 0 Å². The first-order valence-corrected chi connectivity index (χ1v) is 4.23. The second-order valence-corrected chi connectivity index (χ2v) is 2.99. The third-order valence-corrected chi connectivity index (χ3v) is 1.95. The molecule has 0 spiro atoms. The van der Waals surface area contributed by atoms with Crippen molar-refractivity contribution in [1.29, 1.82) is 0 Å². The second-order valence-electron chi connectivity index (χ2n) is 2.58. The van der Waals surface area contributed by atoms with Crippen molar-refractivity contribution < 1.29 is 5.11 Å². The summed E-state index contributed by atoms with van der Waals surface area (Å²) in [7, 11) is 0. The van der Waals surface area contributed by atoms with Gasteiger partial charge in [0.2, 0.25) is 0 Å². The van der Waals surface area contributed by atoms with Crippen LogP contribution in [-0.4, -0.2) is 18.3 Å². The van der Waals surface area contributed by atoms with Crippen LogP contribution in [0.3, 0.4) is 0 Å². The van der Waals surface area contributed by atoms with Gasteiger partial charge in [0.1, 0.15) is 0 Å². The summed E-state index contributed by atoms with van der Waals surface area (Å²) in [6.07, 6.45) is 0. The molecule has 12 heavy (non-hydrogen) atoms. The summed E-state index contributed by atoms with van der Waals surface area (Å²) in [6.45, 7) is 2.63. The number of aryl methyl sites for hydroxylation is 1. The molecule has 0 bridgehead atoms. The molecule has 0 fully saturated rings. The zero-order valence-electron chi connectivity index (χ0n) is 6.97. The lowest BCUT2D eigenvalue weighted by atomic mass is 10.2. The number of halogens is 1. The number of hydrogen-bond donors (Lipinski definition) is 2. The summed E-state index contributed by atoms with van der Waals surface area (Å²) < 4.78 is 0. The van der Waals surface area contributed by atoms with E-state index in [0.29, 0.717) is 11.6 Å².